The number of ether oxygens (including phenoxy) is 1. The lowest BCUT2D eigenvalue weighted by molar-refractivity contribution is -0.123. The number of para-hydroxylation sites is 1. The highest BCUT2D eigenvalue weighted by Gasteiger charge is 2.23. The smallest absolute Gasteiger partial charge is 0.350 e. The first-order chi connectivity index (χ1) is 11.6. The lowest BCUT2D eigenvalue weighted by atomic mass is 10.2. The molecule has 1 N–H and O–H groups in total. The average Bonchev–Trinajstić information content (AvgIpc) is 2.93. The fourth-order valence-electron chi connectivity index (χ4n) is 2.18. The predicted octanol–water partition coefficient (Wildman–Crippen LogP) is 4.74. The largest absolute Gasteiger partial charge is 0.448 e. The second-order valence-electron chi connectivity index (χ2n) is 5.14. The molecule has 0 radical (unpaired) electrons. The van der Waals surface area contributed by atoms with E-state index >= 15 is 0 Å². The molecule has 0 spiro atoms. The molecule has 0 aliphatic heterocycles. The number of rotatable bonds is 4. The molecule has 3 aromatic rings. The minimum Gasteiger partial charge on any atom is -0.448 e. The molecule has 1 atom stereocenters. The van der Waals surface area contributed by atoms with Gasteiger partial charge in [0.05, 0.1) is 5.02 Å². The third kappa shape index (κ3) is 3.42. The lowest BCUT2D eigenvalue weighted by Gasteiger charge is -2.13. The topological polar surface area (TPSA) is 55.4 Å². The molecule has 24 heavy (non-hydrogen) atoms. The first-order valence-electron chi connectivity index (χ1n) is 7.30. The van der Waals surface area contributed by atoms with Gasteiger partial charge >= 0.3 is 5.97 Å². The van der Waals surface area contributed by atoms with Crippen molar-refractivity contribution in [3.63, 3.8) is 0 Å². The van der Waals surface area contributed by atoms with Crippen LogP contribution in [0, 0.1) is 0 Å². The quantitative estimate of drug-likeness (QED) is 0.684. The van der Waals surface area contributed by atoms with Crippen LogP contribution in [0.2, 0.25) is 5.02 Å². The van der Waals surface area contributed by atoms with Gasteiger partial charge in [0.15, 0.2) is 6.10 Å². The van der Waals surface area contributed by atoms with E-state index in [4.69, 9.17) is 16.3 Å². The number of amides is 1. The maximum Gasteiger partial charge on any atom is 0.350 e. The van der Waals surface area contributed by atoms with Crippen LogP contribution in [-0.2, 0) is 9.53 Å². The average molecular weight is 360 g/mol. The van der Waals surface area contributed by atoms with Crippen LogP contribution < -0.4 is 5.32 Å². The second kappa shape index (κ2) is 7.03. The van der Waals surface area contributed by atoms with Gasteiger partial charge in [-0.2, -0.15) is 0 Å². The molecule has 0 saturated carbocycles. The maximum atomic E-state index is 12.3. The number of hydrogen-bond donors (Lipinski definition) is 1. The number of carbonyl (C=O) groups is 2. The predicted molar refractivity (Wildman–Crippen MR) is 96.8 cm³/mol. The van der Waals surface area contributed by atoms with E-state index in [1.54, 1.807) is 12.1 Å². The molecule has 2 aromatic carbocycles. The Morgan fingerprint density at radius 3 is 2.46 bits per heavy atom. The van der Waals surface area contributed by atoms with Gasteiger partial charge in [0.1, 0.15) is 4.88 Å². The SMILES string of the molecule is CC(OC(=O)c1sc2ccccc2c1Cl)C(=O)Nc1ccccc1. The molecular weight excluding hydrogens is 346 g/mol. The number of carbonyl (C=O) groups excluding carboxylic acids is 2. The minimum atomic E-state index is -0.931. The Hall–Kier alpha value is -2.37. The van der Waals surface area contributed by atoms with E-state index in [0.717, 1.165) is 10.1 Å². The molecule has 0 bridgehead atoms. The standard InChI is InChI=1S/C18H14ClNO3S/c1-11(17(21)20-12-7-3-2-4-8-12)23-18(22)16-15(19)13-9-5-6-10-14(13)24-16/h2-11H,1H3,(H,20,21). The first-order valence-corrected chi connectivity index (χ1v) is 8.49. The number of esters is 1. The van der Waals surface area contributed by atoms with Gasteiger partial charge in [-0.15, -0.1) is 11.3 Å². The minimum absolute atomic E-state index is 0.303. The molecule has 1 amide bonds. The van der Waals surface area contributed by atoms with Crippen molar-refractivity contribution in [2.24, 2.45) is 0 Å². The number of fused-ring (bicyclic) bond motifs is 1. The molecule has 0 aliphatic carbocycles. The summed E-state index contributed by atoms with van der Waals surface area (Å²) in [5, 5.41) is 3.85. The van der Waals surface area contributed by atoms with E-state index in [9.17, 15) is 9.59 Å². The van der Waals surface area contributed by atoms with Crippen molar-refractivity contribution < 1.29 is 14.3 Å². The number of anilines is 1. The van der Waals surface area contributed by atoms with Gasteiger partial charge in [-0.3, -0.25) is 4.79 Å². The number of halogens is 1. The molecule has 0 saturated heterocycles. The zero-order chi connectivity index (χ0) is 17.1. The van der Waals surface area contributed by atoms with Gasteiger partial charge in [0.25, 0.3) is 5.91 Å². The van der Waals surface area contributed by atoms with E-state index in [0.29, 0.717) is 15.6 Å². The zero-order valence-electron chi connectivity index (χ0n) is 12.8. The van der Waals surface area contributed by atoms with Crippen molar-refractivity contribution in [1.82, 2.24) is 0 Å². The van der Waals surface area contributed by atoms with Crippen molar-refractivity contribution >= 4 is 50.6 Å². The van der Waals surface area contributed by atoms with Crippen LogP contribution in [0.25, 0.3) is 10.1 Å². The van der Waals surface area contributed by atoms with Gasteiger partial charge in [-0.25, -0.2) is 4.79 Å². The van der Waals surface area contributed by atoms with Crippen molar-refractivity contribution in [2.45, 2.75) is 13.0 Å². The molecule has 0 fully saturated rings. The molecule has 4 nitrogen and oxygen atoms in total. The fraction of sp³-hybridized carbons (Fsp3) is 0.111. The summed E-state index contributed by atoms with van der Waals surface area (Å²) in [6, 6.07) is 16.4. The normalized spacial score (nSPS) is 11.9. The van der Waals surface area contributed by atoms with Crippen LogP contribution in [0.1, 0.15) is 16.6 Å². The van der Waals surface area contributed by atoms with E-state index in [1.807, 2.05) is 42.5 Å². The highest BCUT2D eigenvalue weighted by atomic mass is 35.5. The summed E-state index contributed by atoms with van der Waals surface area (Å²) in [7, 11) is 0. The Morgan fingerprint density at radius 1 is 1.08 bits per heavy atom. The van der Waals surface area contributed by atoms with Crippen LogP contribution >= 0.6 is 22.9 Å². The van der Waals surface area contributed by atoms with E-state index in [-0.39, 0.29) is 0 Å². The monoisotopic (exact) mass is 359 g/mol. The van der Waals surface area contributed by atoms with Crippen LogP contribution in [0.3, 0.4) is 0 Å². The van der Waals surface area contributed by atoms with Gasteiger partial charge in [-0.1, -0.05) is 48.0 Å². The highest BCUT2D eigenvalue weighted by molar-refractivity contribution is 7.21. The van der Waals surface area contributed by atoms with Crippen molar-refractivity contribution in [3.8, 4) is 0 Å². The van der Waals surface area contributed by atoms with Crippen LogP contribution in [0.15, 0.2) is 54.6 Å². The maximum absolute atomic E-state index is 12.3. The van der Waals surface area contributed by atoms with Crippen LogP contribution in [-0.4, -0.2) is 18.0 Å². The highest BCUT2D eigenvalue weighted by Crippen LogP contribution is 2.35. The molecule has 0 aliphatic rings. The summed E-state index contributed by atoms with van der Waals surface area (Å²) >= 11 is 7.51. The number of hydrogen-bond acceptors (Lipinski definition) is 4. The Labute approximate surface area is 148 Å². The van der Waals surface area contributed by atoms with E-state index < -0.39 is 18.0 Å². The Morgan fingerprint density at radius 2 is 1.75 bits per heavy atom. The summed E-state index contributed by atoms with van der Waals surface area (Å²) in [5.74, 6) is -0.997. The zero-order valence-corrected chi connectivity index (χ0v) is 14.4. The summed E-state index contributed by atoms with van der Waals surface area (Å²) < 4.78 is 6.15. The lowest BCUT2D eigenvalue weighted by Crippen LogP contribution is -2.29. The summed E-state index contributed by atoms with van der Waals surface area (Å²) in [5.41, 5.74) is 0.644. The molecule has 3 rings (SSSR count). The summed E-state index contributed by atoms with van der Waals surface area (Å²) in [4.78, 5) is 24.7. The third-order valence-electron chi connectivity index (χ3n) is 3.41. The van der Waals surface area contributed by atoms with Crippen molar-refractivity contribution in [3.05, 3.63) is 64.5 Å². The second-order valence-corrected chi connectivity index (χ2v) is 6.57. The van der Waals surface area contributed by atoms with Gasteiger partial charge in [-0.05, 0) is 25.1 Å². The van der Waals surface area contributed by atoms with Gasteiger partial charge < -0.3 is 10.1 Å². The Bertz CT molecular complexity index is 892. The van der Waals surface area contributed by atoms with Crippen molar-refractivity contribution in [1.29, 1.82) is 0 Å². The van der Waals surface area contributed by atoms with Crippen LogP contribution in [0.4, 0.5) is 5.69 Å². The Balaban J connectivity index is 1.71. The fourth-order valence-corrected chi connectivity index (χ4v) is 3.57. The number of thiophene rings is 1. The molecule has 122 valence electrons. The summed E-state index contributed by atoms with van der Waals surface area (Å²) in [6.07, 6.45) is -0.931. The molecule has 1 heterocycles. The third-order valence-corrected chi connectivity index (χ3v) is 5.07. The Kier molecular flexibility index (Phi) is 4.83. The number of benzene rings is 2. The molecule has 1 unspecified atom stereocenters. The molecular formula is C18H14ClNO3S. The molecule has 1 aromatic heterocycles. The van der Waals surface area contributed by atoms with Gasteiger partial charge in [0, 0.05) is 15.8 Å². The summed E-state index contributed by atoms with van der Waals surface area (Å²) in [6.45, 7) is 1.53. The van der Waals surface area contributed by atoms with E-state index in [2.05, 4.69) is 5.32 Å². The number of nitrogens with one attached hydrogen (secondary N) is 1. The molecule has 6 heteroatoms. The van der Waals surface area contributed by atoms with E-state index in [1.165, 1.54) is 18.3 Å². The van der Waals surface area contributed by atoms with Crippen LogP contribution in [0.5, 0.6) is 0 Å². The van der Waals surface area contributed by atoms with Gasteiger partial charge in [0.2, 0.25) is 0 Å². The van der Waals surface area contributed by atoms with Crippen molar-refractivity contribution in [2.75, 3.05) is 5.32 Å². The first kappa shape index (κ1) is 16.5.